The molecule has 0 saturated carbocycles. The summed E-state index contributed by atoms with van der Waals surface area (Å²) < 4.78 is 27.0. The number of hydrogen-bond acceptors (Lipinski definition) is 6. The van der Waals surface area contributed by atoms with Gasteiger partial charge in [-0.3, -0.25) is 9.59 Å². The lowest BCUT2D eigenvalue weighted by molar-refractivity contribution is -0.136. The molecular weight excluding hydrogens is 418 g/mol. The first kappa shape index (κ1) is 19.6. The molecule has 1 atom stereocenters. The van der Waals surface area contributed by atoms with Crippen LogP contribution in [0.2, 0.25) is 0 Å². The highest BCUT2D eigenvalue weighted by Crippen LogP contribution is 2.26. The van der Waals surface area contributed by atoms with Gasteiger partial charge in [-0.15, -0.1) is 22.7 Å². The number of carbonyl (C=O) groups is 2. The zero-order valence-electron chi connectivity index (χ0n) is 15.2. The van der Waals surface area contributed by atoms with E-state index in [1.807, 2.05) is 11.4 Å². The molecule has 2 aliphatic rings. The van der Waals surface area contributed by atoms with Gasteiger partial charge in [0.05, 0.1) is 4.88 Å². The Balaban J connectivity index is 1.40. The molecule has 0 N–H and O–H groups in total. The van der Waals surface area contributed by atoms with Gasteiger partial charge >= 0.3 is 0 Å². The van der Waals surface area contributed by atoms with Crippen molar-refractivity contribution >= 4 is 44.5 Å². The van der Waals surface area contributed by atoms with Crippen molar-refractivity contribution in [3.63, 3.8) is 0 Å². The number of thiophene rings is 2. The molecule has 0 spiro atoms. The van der Waals surface area contributed by atoms with Crippen LogP contribution < -0.4 is 0 Å². The second-order valence-electron chi connectivity index (χ2n) is 6.80. The van der Waals surface area contributed by atoms with Crippen LogP contribution in [0.1, 0.15) is 22.5 Å². The molecule has 150 valence electrons. The summed E-state index contributed by atoms with van der Waals surface area (Å²) in [5.74, 6) is -0.166. The van der Waals surface area contributed by atoms with E-state index in [-0.39, 0.29) is 24.9 Å². The molecule has 4 heterocycles. The summed E-state index contributed by atoms with van der Waals surface area (Å²) in [4.78, 5) is 29.8. The van der Waals surface area contributed by atoms with Gasteiger partial charge < -0.3 is 9.80 Å². The Hall–Kier alpha value is -1.75. The summed E-state index contributed by atoms with van der Waals surface area (Å²) >= 11 is 2.58. The van der Waals surface area contributed by atoms with Crippen LogP contribution in [0.15, 0.2) is 39.2 Å². The van der Waals surface area contributed by atoms with Gasteiger partial charge in [0, 0.05) is 32.7 Å². The van der Waals surface area contributed by atoms with E-state index in [0.29, 0.717) is 35.1 Å². The first-order chi connectivity index (χ1) is 13.5. The summed E-state index contributed by atoms with van der Waals surface area (Å²) in [7, 11) is -3.49. The summed E-state index contributed by atoms with van der Waals surface area (Å²) in [5, 5.41) is 3.60. The lowest BCUT2D eigenvalue weighted by Gasteiger charge is -2.36. The third-order valence-electron chi connectivity index (χ3n) is 5.17. The fourth-order valence-electron chi connectivity index (χ4n) is 3.71. The van der Waals surface area contributed by atoms with E-state index in [9.17, 15) is 18.0 Å². The van der Waals surface area contributed by atoms with Crippen LogP contribution in [-0.2, 0) is 14.8 Å². The normalized spacial score (nSPS) is 21.2. The van der Waals surface area contributed by atoms with Crippen LogP contribution in [-0.4, -0.2) is 73.1 Å². The van der Waals surface area contributed by atoms with Gasteiger partial charge in [0.25, 0.3) is 15.9 Å². The van der Waals surface area contributed by atoms with Crippen LogP contribution in [0.5, 0.6) is 0 Å². The van der Waals surface area contributed by atoms with Crippen molar-refractivity contribution in [2.45, 2.75) is 23.1 Å². The van der Waals surface area contributed by atoms with Crippen molar-refractivity contribution < 1.29 is 18.0 Å². The van der Waals surface area contributed by atoms with Crippen molar-refractivity contribution in [1.29, 1.82) is 0 Å². The van der Waals surface area contributed by atoms with Crippen LogP contribution >= 0.6 is 22.7 Å². The van der Waals surface area contributed by atoms with E-state index in [1.165, 1.54) is 27.0 Å². The fraction of sp³-hybridized carbons (Fsp3) is 0.444. The highest BCUT2D eigenvalue weighted by Gasteiger charge is 2.39. The van der Waals surface area contributed by atoms with E-state index in [2.05, 4.69) is 0 Å². The van der Waals surface area contributed by atoms with Crippen molar-refractivity contribution in [3.8, 4) is 0 Å². The van der Waals surface area contributed by atoms with Gasteiger partial charge in [0.1, 0.15) is 10.3 Å². The number of hydrogen-bond donors (Lipinski definition) is 0. The zero-order valence-corrected chi connectivity index (χ0v) is 17.6. The fourth-order valence-corrected chi connectivity index (χ4v) is 6.95. The average Bonchev–Trinajstić information content (AvgIpc) is 3.49. The molecule has 10 heteroatoms. The molecule has 4 rings (SSSR count). The van der Waals surface area contributed by atoms with Gasteiger partial charge in [0.15, 0.2) is 0 Å². The molecule has 2 saturated heterocycles. The second-order valence-corrected chi connectivity index (χ2v) is 10.9. The maximum Gasteiger partial charge on any atom is 0.264 e. The topological polar surface area (TPSA) is 78.0 Å². The molecule has 2 aromatic heterocycles. The number of amides is 2. The van der Waals surface area contributed by atoms with Crippen LogP contribution in [0.4, 0.5) is 0 Å². The molecule has 2 fully saturated rings. The smallest absolute Gasteiger partial charge is 0.264 e. The first-order valence-electron chi connectivity index (χ1n) is 9.15. The van der Waals surface area contributed by atoms with Gasteiger partial charge in [-0.2, -0.15) is 4.31 Å². The molecule has 0 aliphatic carbocycles. The Morgan fingerprint density at radius 2 is 1.68 bits per heavy atom. The van der Waals surface area contributed by atoms with E-state index < -0.39 is 16.1 Å². The maximum atomic E-state index is 13.0. The number of likely N-dealkylation sites (tertiary alicyclic amines) is 1. The summed E-state index contributed by atoms with van der Waals surface area (Å²) in [6.07, 6.45) is 1.46. The Labute approximate surface area is 172 Å². The molecule has 2 aliphatic heterocycles. The first-order valence-corrected chi connectivity index (χ1v) is 12.4. The van der Waals surface area contributed by atoms with E-state index in [0.717, 1.165) is 6.42 Å². The lowest BCUT2D eigenvalue weighted by atomic mass is 10.1. The Kier molecular flexibility index (Phi) is 5.55. The van der Waals surface area contributed by atoms with Crippen molar-refractivity contribution in [2.75, 3.05) is 32.7 Å². The van der Waals surface area contributed by atoms with Crippen LogP contribution in [0, 0.1) is 0 Å². The summed E-state index contributed by atoms with van der Waals surface area (Å²) in [6.45, 7) is 1.83. The highest BCUT2D eigenvalue weighted by atomic mass is 32.2. The molecule has 7 nitrogen and oxygen atoms in total. The number of carbonyl (C=O) groups excluding carboxylic acids is 2. The van der Waals surface area contributed by atoms with Gasteiger partial charge in [-0.25, -0.2) is 8.42 Å². The lowest BCUT2D eigenvalue weighted by Crippen LogP contribution is -2.55. The van der Waals surface area contributed by atoms with Crippen molar-refractivity contribution in [3.05, 3.63) is 39.9 Å². The minimum absolute atomic E-state index is 0.0735. The minimum Gasteiger partial charge on any atom is -0.338 e. The largest absolute Gasteiger partial charge is 0.338 e. The number of sulfonamides is 1. The molecule has 2 amide bonds. The molecule has 0 radical (unpaired) electrons. The third-order valence-corrected chi connectivity index (χ3v) is 9.30. The van der Waals surface area contributed by atoms with Crippen LogP contribution in [0.3, 0.4) is 0 Å². The third kappa shape index (κ3) is 3.61. The number of nitrogens with zero attached hydrogens (tertiary/aromatic N) is 3. The SMILES string of the molecule is O=C([C@@H]1CCCN1C(=O)c1cccs1)N1CCN(S(=O)(=O)c2cccs2)CC1. The predicted octanol–water partition coefficient (Wildman–Crippen LogP) is 1.95. The Morgan fingerprint density at radius 1 is 0.964 bits per heavy atom. The summed E-state index contributed by atoms with van der Waals surface area (Å²) in [6, 6.07) is 6.48. The number of rotatable bonds is 4. The number of piperazine rings is 1. The van der Waals surface area contributed by atoms with E-state index >= 15 is 0 Å². The van der Waals surface area contributed by atoms with Crippen molar-refractivity contribution in [1.82, 2.24) is 14.1 Å². The van der Waals surface area contributed by atoms with Crippen molar-refractivity contribution in [2.24, 2.45) is 0 Å². The summed E-state index contributed by atoms with van der Waals surface area (Å²) in [5.41, 5.74) is 0. The predicted molar refractivity (Wildman–Crippen MR) is 108 cm³/mol. The highest BCUT2D eigenvalue weighted by molar-refractivity contribution is 7.91. The molecular formula is C18H21N3O4S3. The molecule has 0 bridgehead atoms. The van der Waals surface area contributed by atoms with Gasteiger partial charge in [-0.05, 0) is 35.7 Å². The van der Waals surface area contributed by atoms with Gasteiger partial charge in [-0.1, -0.05) is 12.1 Å². The zero-order chi connectivity index (χ0) is 19.7. The molecule has 0 unspecified atom stereocenters. The van der Waals surface area contributed by atoms with E-state index in [4.69, 9.17) is 0 Å². The van der Waals surface area contributed by atoms with Gasteiger partial charge in [0.2, 0.25) is 5.91 Å². The monoisotopic (exact) mass is 439 g/mol. The average molecular weight is 440 g/mol. The standard InChI is InChI=1S/C18H21N3O4S3/c22-17(14-4-1-7-21(14)18(23)15-5-2-12-26-15)19-8-10-20(11-9-19)28(24,25)16-6-3-13-27-16/h2-3,5-6,12-14H,1,4,7-11H2/t14-/m0/s1. The maximum absolute atomic E-state index is 13.0. The Bertz CT molecular complexity index is 933. The molecule has 2 aromatic rings. The van der Waals surface area contributed by atoms with E-state index in [1.54, 1.807) is 33.4 Å². The molecule has 28 heavy (non-hydrogen) atoms. The molecule has 0 aromatic carbocycles. The Morgan fingerprint density at radius 3 is 2.32 bits per heavy atom. The minimum atomic E-state index is -3.49. The van der Waals surface area contributed by atoms with Crippen LogP contribution in [0.25, 0.3) is 0 Å². The quantitative estimate of drug-likeness (QED) is 0.730. The second kappa shape index (κ2) is 7.94.